The van der Waals surface area contributed by atoms with Crippen molar-refractivity contribution in [3.05, 3.63) is 181 Å². The lowest BCUT2D eigenvalue weighted by Crippen LogP contribution is -2.65. The van der Waals surface area contributed by atoms with Gasteiger partial charge in [-0.15, -0.1) is 0 Å². The summed E-state index contributed by atoms with van der Waals surface area (Å²) in [4.78, 5) is 13.2. The minimum absolute atomic E-state index is 0.0696. The Bertz CT molecular complexity index is 2950. The van der Waals surface area contributed by atoms with E-state index in [1.54, 1.807) is 0 Å². The third-order valence-corrected chi connectivity index (χ3v) is 12.4. The fourth-order valence-electron chi connectivity index (χ4n) is 9.85. The Morgan fingerprint density at radius 2 is 0.897 bits per heavy atom. The Labute approximate surface area is 340 Å². The number of anilines is 9. The number of aromatic nitrogens is 1. The Kier molecular flexibility index (Phi) is 7.01. The zero-order valence-corrected chi connectivity index (χ0v) is 32.6. The molecule has 0 fully saturated rings. The molecule has 12 rings (SSSR count). The summed E-state index contributed by atoms with van der Waals surface area (Å²) in [7, 11) is 0. The summed E-state index contributed by atoms with van der Waals surface area (Å²) >= 11 is 0. The minimum atomic E-state index is -0.117. The first kappa shape index (κ1) is 33.2. The molecule has 4 aliphatic rings. The summed E-state index contributed by atoms with van der Waals surface area (Å²) in [5.41, 5.74) is 16.3. The van der Waals surface area contributed by atoms with Gasteiger partial charge < -0.3 is 9.64 Å². The van der Waals surface area contributed by atoms with Crippen LogP contribution in [0.3, 0.4) is 0 Å². The Hall–Kier alpha value is -6.98. The van der Waals surface area contributed by atoms with Crippen molar-refractivity contribution in [2.75, 3.05) is 14.7 Å². The van der Waals surface area contributed by atoms with Crippen molar-refractivity contribution in [1.29, 1.82) is 0 Å². The quantitative estimate of drug-likeness (QED) is 0.169. The summed E-state index contributed by atoms with van der Waals surface area (Å²) in [6.07, 6.45) is 0. The second-order valence-corrected chi connectivity index (χ2v) is 16.8. The van der Waals surface area contributed by atoms with Crippen LogP contribution in [0.1, 0.15) is 26.3 Å². The van der Waals surface area contributed by atoms with E-state index in [1.807, 2.05) is 0 Å². The van der Waals surface area contributed by atoms with Crippen LogP contribution < -0.4 is 52.2 Å². The molecule has 0 unspecified atom stereocenters. The zero-order chi connectivity index (χ0) is 38.7. The van der Waals surface area contributed by atoms with E-state index in [9.17, 15) is 0 Å². The third kappa shape index (κ3) is 4.70. The van der Waals surface area contributed by atoms with E-state index in [0.717, 1.165) is 57.0 Å². The van der Waals surface area contributed by atoms with Gasteiger partial charge in [-0.05, 0) is 117 Å². The smallest absolute Gasteiger partial charge is 0.258 e. The van der Waals surface area contributed by atoms with E-state index >= 15 is 0 Å². The molecule has 0 atom stereocenters. The Morgan fingerprint density at radius 3 is 1.53 bits per heavy atom. The molecular weight excluding hydrogens is 706 g/mol. The standard InChI is InChI=1S/C51H38B2N4O/c1-51(2,3)33-30-43-47-44(31-33)57(36-22-11-6-12-23-36)50-39(52(47)37-24-13-15-26-41(37)55(43)34-18-7-4-8-19-34)32-40-49(54-50)56(35-20-9-5-10-21-35)42-27-17-29-46-48(42)53(40)38-25-14-16-28-45(38)58-46/h4-32H,1-3H3. The first-order valence-corrected chi connectivity index (χ1v) is 20.2. The minimum Gasteiger partial charge on any atom is -0.458 e. The van der Waals surface area contributed by atoms with Gasteiger partial charge in [0.25, 0.3) is 13.4 Å². The van der Waals surface area contributed by atoms with Crippen LogP contribution in [0.2, 0.25) is 0 Å². The van der Waals surface area contributed by atoms with Gasteiger partial charge in [0.1, 0.15) is 23.1 Å². The van der Waals surface area contributed by atoms with Gasteiger partial charge in [0, 0.05) is 39.8 Å². The molecule has 7 aromatic carbocycles. The fraction of sp³-hybridized carbons (Fsp3) is 0.0784. The number of hydrogen-bond acceptors (Lipinski definition) is 5. The van der Waals surface area contributed by atoms with Gasteiger partial charge in [-0.3, -0.25) is 9.80 Å². The largest absolute Gasteiger partial charge is 0.458 e. The fourth-order valence-corrected chi connectivity index (χ4v) is 9.85. The third-order valence-electron chi connectivity index (χ3n) is 12.4. The summed E-state index contributed by atoms with van der Waals surface area (Å²) < 4.78 is 6.70. The number of pyridine rings is 1. The molecule has 0 bridgehead atoms. The average molecular weight is 745 g/mol. The maximum atomic E-state index is 6.70. The van der Waals surface area contributed by atoms with Gasteiger partial charge >= 0.3 is 0 Å². The highest BCUT2D eigenvalue weighted by Crippen LogP contribution is 2.47. The van der Waals surface area contributed by atoms with Crippen molar-refractivity contribution in [1.82, 2.24) is 4.98 Å². The van der Waals surface area contributed by atoms with Crippen LogP contribution in [-0.2, 0) is 5.41 Å². The predicted molar refractivity (Wildman–Crippen MR) is 243 cm³/mol. The number of hydrogen-bond donors (Lipinski definition) is 0. The van der Waals surface area contributed by atoms with Crippen LogP contribution in [0.25, 0.3) is 0 Å². The molecule has 5 nitrogen and oxygen atoms in total. The molecule has 0 N–H and O–H groups in total. The molecule has 4 aliphatic heterocycles. The van der Waals surface area contributed by atoms with Crippen LogP contribution >= 0.6 is 0 Å². The van der Waals surface area contributed by atoms with Crippen molar-refractivity contribution in [3.63, 3.8) is 0 Å². The average Bonchev–Trinajstić information content (AvgIpc) is 3.26. The first-order chi connectivity index (χ1) is 28.4. The van der Waals surface area contributed by atoms with Crippen molar-refractivity contribution in [3.8, 4) is 11.5 Å². The number of ether oxygens (including phenoxy) is 1. The van der Waals surface area contributed by atoms with E-state index in [0.29, 0.717) is 0 Å². The molecule has 0 saturated carbocycles. The second-order valence-electron chi connectivity index (χ2n) is 16.8. The molecule has 5 heterocycles. The molecular formula is C51H38B2N4O. The Morgan fingerprint density at radius 1 is 0.414 bits per heavy atom. The highest BCUT2D eigenvalue weighted by molar-refractivity contribution is 7.02. The van der Waals surface area contributed by atoms with Gasteiger partial charge in [0.05, 0.1) is 0 Å². The molecule has 0 saturated heterocycles. The van der Waals surface area contributed by atoms with Crippen LogP contribution in [-0.4, -0.2) is 18.4 Å². The molecule has 58 heavy (non-hydrogen) atoms. The lowest BCUT2D eigenvalue weighted by atomic mass is 9.31. The SMILES string of the molecule is CC(C)(C)c1cc2c3c(c1)N(c1ccccc1)c1nc4c(cc1B3c1ccccc1N2c1ccccc1)B1c2ccccc2Oc2cccc(c21)N4c1ccccc1. The van der Waals surface area contributed by atoms with Crippen LogP contribution in [0.4, 0.5) is 51.4 Å². The van der Waals surface area contributed by atoms with Crippen molar-refractivity contribution >= 4 is 97.6 Å². The van der Waals surface area contributed by atoms with Gasteiger partial charge in [-0.25, -0.2) is 4.98 Å². The summed E-state index contributed by atoms with van der Waals surface area (Å²) in [6, 6.07) is 63.7. The topological polar surface area (TPSA) is 31.8 Å². The summed E-state index contributed by atoms with van der Waals surface area (Å²) in [5, 5.41) is 0. The number of benzene rings is 7. The van der Waals surface area contributed by atoms with E-state index in [-0.39, 0.29) is 18.8 Å². The molecule has 0 radical (unpaired) electrons. The predicted octanol–water partition coefficient (Wildman–Crippen LogP) is 8.87. The molecule has 274 valence electrons. The van der Waals surface area contributed by atoms with Crippen molar-refractivity contribution in [2.24, 2.45) is 0 Å². The van der Waals surface area contributed by atoms with E-state index in [4.69, 9.17) is 9.72 Å². The normalized spacial score (nSPS) is 14.1. The van der Waals surface area contributed by atoms with Gasteiger partial charge in [-0.2, -0.15) is 0 Å². The van der Waals surface area contributed by atoms with E-state index in [2.05, 4.69) is 211 Å². The highest BCUT2D eigenvalue weighted by atomic mass is 16.5. The summed E-state index contributed by atoms with van der Waals surface area (Å²) in [6.45, 7) is 6.81. The molecule has 0 aliphatic carbocycles. The van der Waals surface area contributed by atoms with Crippen LogP contribution in [0, 0.1) is 0 Å². The number of para-hydroxylation sites is 5. The van der Waals surface area contributed by atoms with Crippen molar-refractivity contribution < 1.29 is 4.74 Å². The van der Waals surface area contributed by atoms with Gasteiger partial charge in [0.15, 0.2) is 0 Å². The lowest BCUT2D eigenvalue weighted by molar-refractivity contribution is 0.487. The Balaban J connectivity index is 1.22. The molecule has 0 amide bonds. The molecule has 0 spiro atoms. The maximum Gasteiger partial charge on any atom is 0.258 e. The van der Waals surface area contributed by atoms with Gasteiger partial charge in [-0.1, -0.05) is 124 Å². The zero-order valence-electron chi connectivity index (χ0n) is 32.6. The van der Waals surface area contributed by atoms with Crippen LogP contribution in [0.5, 0.6) is 11.5 Å². The number of fused-ring (bicyclic) bond motifs is 8. The van der Waals surface area contributed by atoms with Crippen LogP contribution in [0.15, 0.2) is 176 Å². The van der Waals surface area contributed by atoms with Crippen molar-refractivity contribution in [2.45, 2.75) is 26.2 Å². The lowest BCUT2D eigenvalue weighted by Gasteiger charge is -2.46. The maximum absolute atomic E-state index is 6.70. The monoisotopic (exact) mass is 744 g/mol. The van der Waals surface area contributed by atoms with Gasteiger partial charge in [0.2, 0.25) is 0 Å². The first-order valence-electron chi connectivity index (χ1n) is 20.2. The van der Waals surface area contributed by atoms with E-state index < -0.39 is 0 Å². The number of rotatable bonds is 3. The molecule has 8 aromatic rings. The summed E-state index contributed by atoms with van der Waals surface area (Å²) in [5.74, 6) is 3.66. The van der Waals surface area contributed by atoms with E-state index in [1.165, 1.54) is 44.3 Å². The second kappa shape index (κ2) is 12.3. The molecule has 7 heteroatoms. The highest BCUT2D eigenvalue weighted by Gasteiger charge is 2.48. The number of nitrogens with zero attached hydrogens (tertiary/aromatic N) is 4. The molecule has 1 aromatic heterocycles.